The Morgan fingerprint density at radius 2 is 1.72 bits per heavy atom. The highest BCUT2D eigenvalue weighted by atomic mass is 16.5. The molecule has 0 spiro atoms. The van der Waals surface area contributed by atoms with Gasteiger partial charge in [-0.1, -0.05) is 51.0 Å². The minimum atomic E-state index is -0.134. The number of hydrogen-bond acceptors (Lipinski definition) is 2. The van der Waals surface area contributed by atoms with Gasteiger partial charge >= 0.3 is 5.97 Å². The van der Waals surface area contributed by atoms with Crippen molar-refractivity contribution in [1.29, 1.82) is 0 Å². The SMILES string of the molecule is CCCCC(=O)Oc1ccc2cc(C3CCC(CC)CC3)ccc2c1. The van der Waals surface area contributed by atoms with Crippen molar-refractivity contribution in [2.45, 2.75) is 71.1 Å². The summed E-state index contributed by atoms with van der Waals surface area (Å²) in [6, 6.07) is 12.8. The molecule has 2 aromatic rings. The molecule has 0 radical (unpaired) electrons. The third-order valence-electron chi connectivity index (χ3n) is 5.70. The van der Waals surface area contributed by atoms with E-state index in [2.05, 4.69) is 38.1 Å². The van der Waals surface area contributed by atoms with Crippen molar-refractivity contribution in [3.05, 3.63) is 42.0 Å². The zero-order valence-corrected chi connectivity index (χ0v) is 15.6. The van der Waals surface area contributed by atoms with Gasteiger partial charge in [0.05, 0.1) is 0 Å². The van der Waals surface area contributed by atoms with E-state index in [1.807, 2.05) is 12.1 Å². The van der Waals surface area contributed by atoms with E-state index in [1.54, 1.807) is 0 Å². The van der Waals surface area contributed by atoms with Crippen molar-refractivity contribution >= 4 is 16.7 Å². The molecule has 0 unspecified atom stereocenters. The van der Waals surface area contributed by atoms with Gasteiger partial charge in [0.1, 0.15) is 5.75 Å². The van der Waals surface area contributed by atoms with E-state index in [1.165, 1.54) is 43.1 Å². The van der Waals surface area contributed by atoms with Crippen LogP contribution in [0.2, 0.25) is 0 Å². The molecule has 2 heteroatoms. The molecule has 134 valence electrons. The Morgan fingerprint density at radius 1 is 1.00 bits per heavy atom. The van der Waals surface area contributed by atoms with Gasteiger partial charge in [0.15, 0.2) is 0 Å². The fraction of sp³-hybridized carbons (Fsp3) is 0.522. The van der Waals surface area contributed by atoms with Crippen LogP contribution in [-0.2, 0) is 4.79 Å². The maximum atomic E-state index is 11.8. The molecular weight excluding hydrogens is 308 g/mol. The van der Waals surface area contributed by atoms with Crippen LogP contribution in [0.5, 0.6) is 5.75 Å². The summed E-state index contributed by atoms with van der Waals surface area (Å²) in [5.41, 5.74) is 1.47. The summed E-state index contributed by atoms with van der Waals surface area (Å²) in [5, 5.41) is 2.38. The molecule has 0 heterocycles. The maximum absolute atomic E-state index is 11.8. The van der Waals surface area contributed by atoms with Crippen molar-refractivity contribution in [2.24, 2.45) is 5.92 Å². The van der Waals surface area contributed by atoms with Gasteiger partial charge in [-0.05, 0) is 72.4 Å². The lowest BCUT2D eigenvalue weighted by Crippen LogP contribution is -2.12. The van der Waals surface area contributed by atoms with Gasteiger partial charge in [0, 0.05) is 6.42 Å². The lowest BCUT2D eigenvalue weighted by Gasteiger charge is -2.28. The van der Waals surface area contributed by atoms with Crippen molar-refractivity contribution in [2.75, 3.05) is 0 Å². The first-order chi connectivity index (χ1) is 12.2. The van der Waals surface area contributed by atoms with Crippen LogP contribution in [0.3, 0.4) is 0 Å². The molecule has 0 saturated heterocycles. The number of carbonyl (C=O) groups is 1. The number of carbonyl (C=O) groups excluding carboxylic acids is 1. The number of esters is 1. The molecule has 0 amide bonds. The predicted octanol–water partition coefficient (Wildman–Crippen LogP) is 6.62. The molecule has 2 aromatic carbocycles. The van der Waals surface area contributed by atoms with E-state index < -0.39 is 0 Å². The van der Waals surface area contributed by atoms with E-state index >= 15 is 0 Å². The average molecular weight is 338 g/mol. The number of benzene rings is 2. The summed E-state index contributed by atoms with van der Waals surface area (Å²) in [4.78, 5) is 11.8. The fourth-order valence-corrected chi connectivity index (χ4v) is 3.97. The standard InChI is InChI=1S/C23H30O2/c1-3-5-6-23(24)25-22-14-13-20-15-19(11-12-21(20)16-22)18-9-7-17(4-2)8-10-18/h11-18H,3-10H2,1-2H3. The van der Waals surface area contributed by atoms with Crippen molar-refractivity contribution in [1.82, 2.24) is 0 Å². The maximum Gasteiger partial charge on any atom is 0.311 e. The predicted molar refractivity (Wildman–Crippen MR) is 104 cm³/mol. The number of ether oxygens (including phenoxy) is 1. The van der Waals surface area contributed by atoms with Crippen molar-refractivity contribution in [3.63, 3.8) is 0 Å². The van der Waals surface area contributed by atoms with Crippen molar-refractivity contribution < 1.29 is 9.53 Å². The average Bonchev–Trinajstić information content (AvgIpc) is 2.66. The Morgan fingerprint density at radius 3 is 2.44 bits per heavy atom. The molecule has 25 heavy (non-hydrogen) atoms. The van der Waals surface area contributed by atoms with Crippen LogP contribution >= 0.6 is 0 Å². The minimum absolute atomic E-state index is 0.134. The molecule has 2 nitrogen and oxygen atoms in total. The number of hydrogen-bond donors (Lipinski definition) is 0. The smallest absolute Gasteiger partial charge is 0.311 e. The zero-order chi connectivity index (χ0) is 17.6. The summed E-state index contributed by atoms with van der Waals surface area (Å²) in [6.07, 6.45) is 9.08. The first-order valence-corrected chi connectivity index (χ1v) is 9.94. The van der Waals surface area contributed by atoms with E-state index in [0.717, 1.165) is 24.1 Å². The number of rotatable bonds is 6. The van der Waals surface area contributed by atoms with Crippen molar-refractivity contribution in [3.8, 4) is 5.75 Å². The minimum Gasteiger partial charge on any atom is -0.427 e. The second kappa shape index (κ2) is 8.51. The molecule has 0 bridgehead atoms. The largest absolute Gasteiger partial charge is 0.427 e. The molecule has 0 aromatic heterocycles. The molecule has 1 fully saturated rings. The quantitative estimate of drug-likeness (QED) is 0.437. The third kappa shape index (κ3) is 4.62. The Kier molecular flexibility index (Phi) is 6.12. The number of fused-ring (bicyclic) bond motifs is 1. The second-order valence-corrected chi connectivity index (χ2v) is 7.47. The Bertz CT molecular complexity index is 711. The molecule has 0 N–H and O–H groups in total. The van der Waals surface area contributed by atoms with Gasteiger partial charge in [-0.25, -0.2) is 0 Å². The van der Waals surface area contributed by atoms with Crippen LogP contribution in [0.25, 0.3) is 10.8 Å². The van der Waals surface area contributed by atoms with Gasteiger partial charge in [0.2, 0.25) is 0 Å². The van der Waals surface area contributed by atoms with E-state index in [4.69, 9.17) is 4.74 Å². The highest BCUT2D eigenvalue weighted by molar-refractivity contribution is 5.85. The topological polar surface area (TPSA) is 26.3 Å². The lowest BCUT2D eigenvalue weighted by molar-refractivity contribution is -0.134. The fourth-order valence-electron chi connectivity index (χ4n) is 3.97. The molecule has 0 atom stereocenters. The summed E-state index contributed by atoms with van der Waals surface area (Å²) < 4.78 is 5.46. The molecule has 1 saturated carbocycles. The van der Waals surface area contributed by atoms with Gasteiger partial charge in [0.25, 0.3) is 0 Å². The van der Waals surface area contributed by atoms with Crippen LogP contribution in [0.15, 0.2) is 36.4 Å². The molecule has 1 aliphatic rings. The van der Waals surface area contributed by atoms with E-state index in [0.29, 0.717) is 18.1 Å². The monoisotopic (exact) mass is 338 g/mol. The first kappa shape index (κ1) is 18.0. The highest BCUT2D eigenvalue weighted by Crippen LogP contribution is 2.38. The van der Waals surface area contributed by atoms with Crippen LogP contribution in [0, 0.1) is 5.92 Å². The van der Waals surface area contributed by atoms with Crippen LogP contribution < -0.4 is 4.74 Å². The molecular formula is C23H30O2. The Hall–Kier alpha value is -1.83. The number of unbranched alkanes of at least 4 members (excludes halogenated alkanes) is 1. The highest BCUT2D eigenvalue weighted by Gasteiger charge is 2.21. The summed E-state index contributed by atoms with van der Waals surface area (Å²) in [6.45, 7) is 4.39. The second-order valence-electron chi connectivity index (χ2n) is 7.47. The lowest BCUT2D eigenvalue weighted by atomic mass is 9.77. The summed E-state index contributed by atoms with van der Waals surface area (Å²) in [7, 11) is 0. The summed E-state index contributed by atoms with van der Waals surface area (Å²) >= 11 is 0. The van der Waals surface area contributed by atoms with Gasteiger partial charge in [-0.3, -0.25) is 4.79 Å². The van der Waals surface area contributed by atoms with Crippen LogP contribution in [0.4, 0.5) is 0 Å². The van der Waals surface area contributed by atoms with Gasteiger partial charge in [-0.2, -0.15) is 0 Å². The van der Waals surface area contributed by atoms with Crippen LogP contribution in [-0.4, -0.2) is 5.97 Å². The third-order valence-corrected chi connectivity index (χ3v) is 5.70. The zero-order valence-electron chi connectivity index (χ0n) is 15.6. The summed E-state index contributed by atoms with van der Waals surface area (Å²) in [5.74, 6) is 2.16. The molecule has 3 rings (SSSR count). The molecule has 1 aliphatic carbocycles. The first-order valence-electron chi connectivity index (χ1n) is 9.94. The van der Waals surface area contributed by atoms with E-state index in [9.17, 15) is 4.79 Å². The Labute approximate surface area is 151 Å². The van der Waals surface area contributed by atoms with E-state index in [-0.39, 0.29) is 5.97 Å². The normalized spacial score (nSPS) is 20.6. The van der Waals surface area contributed by atoms with Gasteiger partial charge in [-0.15, -0.1) is 0 Å². The van der Waals surface area contributed by atoms with Crippen LogP contribution in [0.1, 0.15) is 76.7 Å². The Balaban J connectivity index is 1.69. The van der Waals surface area contributed by atoms with Gasteiger partial charge < -0.3 is 4.74 Å². The molecule has 0 aliphatic heterocycles.